The Kier molecular flexibility index (Phi) is 3.73. The van der Waals surface area contributed by atoms with Crippen molar-refractivity contribution in [2.24, 2.45) is 0 Å². The van der Waals surface area contributed by atoms with E-state index in [2.05, 4.69) is 5.32 Å². The van der Waals surface area contributed by atoms with E-state index >= 15 is 0 Å². The van der Waals surface area contributed by atoms with Gasteiger partial charge in [0.1, 0.15) is 0 Å². The molecule has 0 amide bonds. The van der Waals surface area contributed by atoms with Gasteiger partial charge in [-0.1, -0.05) is 12.1 Å². The van der Waals surface area contributed by atoms with Crippen LogP contribution in [0.2, 0.25) is 0 Å². The Hall–Kier alpha value is -1.26. The quantitative estimate of drug-likeness (QED) is 0.524. The smallest absolute Gasteiger partial charge is 0.0723 e. The number of nitrogen functional groups attached to an aromatic ring is 1. The number of hydrogen-bond acceptors (Lipinski definition) is 4. The molecule has 0 saturated carbocycles. The molecular formula is C10H16N2O2. The summed E-state index contributed by atoms with van der Waals surface area (Å²) >= 11 is 0. The monoisotopic (exact) mass is 196 g/mol. The molecule has 0 spiro atoms. The SMILES string of the molecule is Cc1cccc(NC(CO)CO)c1N. The summed E-state index contributed by atoms with van der Waals surface area (Å²) in [7, 11) is 0. The fourth-order valence-electron chi connectivity index (χ4n) is 1.18. The van der Waals surface area contributed by atoms with Crippen molar-refractivity contribution in [1.29, 1.82) is 0 Å². The first-order chi connectivity index (χ1) is 6.69. The summed E-state index contributed by atoms with van der Waals surface area (Å²) in [4.78, 5) is 0. The number of nitrogens with one attached hydrogen (secondary N) is 1. The lowest BCUT2D eigenvalue weighted by Gasteiger charge is -2.17. The van der Waals surface area contributed by atoms with Gasteiger partial charge in [0, 0.05) is 0 Å². The summed E-state index contributed by atoms with van der Waals surface area (Å²) in [5, 5.41) is 20.7. The number of para-hydroxylation sites is 1. The molecule has 14 heavy (non-hydrogen) atoms. The maximum Gasteiger partial charge on any atom is 0.0723 e. The van der Waals surface area contributed by atoms with Crippen LogP contribution in [0.4, 0.5) is 11.4 Å². The fourth-order valence-corrected chi connectivity index (χ4v) is 1.18. The number of aliphatic hydroxyl groups excluding tert-OH is 2. The first-order valence-corrected chi connectivity index (χ1v) is 4.52. The molecule has 0 aromatic heterocycles. The predicted octanol–water partition coefficient (Wildman–Crippen LogP) is 0.342. The van der Waals surface area contributed by atoms with Crippen molar-refractivity contribution in [3.63, 3.8) is 0 Å². The van der Waals surface area contributed by atoms with Crippen molar-refractivity contribution in [3.05, 3.63) is 23.8 Å². The zero-order valence-corrected chi connectivity index (χ0v) is 8.20. The summed E-state index contributed by atoms with van der Waals surface area (Å²) in [6, 6.07) is 5.24. The lowest BCUT2D eigenvalue weighted by Crippen LogP contribution is -2.28. The number of aryl methyl sites for hydroxylation is 1. The molecule has 4 nitrogen and oxygen atoms in total. The van der Waals surface area contributed by atoms with E-state index in [9.17, 15) is 0 Å². The molecule has 0 heterocycles. The van der Waals surface area contributed by atoms with Crippen molar-refractivity contribution in [2.75, 3.05) is 24.3 Å². The van der Waals surface area contributed by atoms with E-state index in [4.69, 9.17) is 15.9 Å². The van der Waals surface area contributed by atoms with Crippen LogP contribution < -0.4 is 11.1 Å². The highest BCUT2D eigenvalue weighted by molar-refractivity contribution is 5.69. The molecule has 0 aliphatic heterocycles. The van der Waals surface area contributed by atoms with E-state index in [0.717, 1.165) is 11.3 Å². The number of anilines is 2. The lowest BCUT2D eigenvalue weighted by molar-refractivity contribution is 0.204. The number of rotatable bonds is 4. The highest BCUT2D eigenvalue weighted by atomic mass is 16.3. The largest absolute Gasteiger partial charge is 0.397 e. The summed E-state index contributed by atoms with van der Waals surface area (Å²) in [6.45, 7) is 1.67. The topological polar surface area (TPSA) is 78.5 Å². The average molecular weight is 196 g/mol. The Morgan fingerprint density at radius 2 is 2.00 bits per heavy atom. The molecule has 0 aliphatic rings. The van der Waals surface area contributed by atoms with Crippen LogP contribution in [0, 0.1) is 6.92 Å². The minimum atomic E-state index is -0.362. The standard InChI is InChI=1S/C10H16N2O2/c1-7-3-2-4-9(10(7)11)12-8(5-13)6-14/h2-4,8,12-14H,5-6,11H2,1H3. The van der Waals surface area contributed by atoms with Crippen molar-refractivity contribution < 1.29 is 10.2 Å². The molecule has 1 aromatic carbocycles. The molecule has 0 aliphatic carbocycles. The molecule has 0 saturated heterocycles. The predicted molar refractivity (Wildman–Crippen MR) is 57.2 cm³/mol. The molecule has 0 fully saturated rings. The minimum absolute atomic E-state index is 0.121. The van der Waals surface area contributed by atoms with Crippen molar-refractivity contribution in [1.82, 2.24) is 0 Å². The van der Waals surface area contributed by atoms with Crippen LogP contribution in [0.1, 0.15) is 5.56 Å². The summed E-state index contributed by atoms with van der Waals surface area (Å²) in [5.74, 6) is 0. The zero-order chi connectivity index (χ0) is 10.6. The normalized spacial score (nSPS) is 10.6. The number of nitrogens with two attached hydrogens (primary N) is 1. The fraction of sp³-hybridized carbons (Fsp3) is 0.400. The van der Waals surface area contributed by atoms with Gasteiger partial charge in [0.2, 0.25) is 0 Å². The van der Waals surface area contributed by atoms with Gasteiger partial charge in [0.15, 0.2) is 0 Å². The van der Waals surface area contributed by atoms with Gasteiger partial charge >= 0.3 is 0 Å². The van der Waals surface area contributed by atoms with Crippen LogP contribution >= 0.6 is 0 Å². The number of aliphatic hydroxyl groups is 2. The van der Waals surface area contributed by atoms with Gasteiger partial charge in [-0.25, -0.2) is 0 Å². The maximum atomic E-state index is 8.88. The van der Waals surface area contributed by atoms with Gasteiger partial charge < -0.3 is 21.3 Å². The third-order valence-electron chi connectivity index (χ3n) is 2.12. The first kappa shape index (κ1) is 10.8. The lowest BCUT2D eigenvalue weighted by atomic mass is 10.1. The molecule has 1 rings (SSSR count). The molecule has 0 radical (unpaired) electrons. The second-order valence-corrected chi connectivity index (χ2v) is 3.24. The van der Waals surface area contributed by atoms with Crippen LogP contribution in [0.3, 0.4) is 0 Å². The highest BCUT2D eigenvalue weighted by Gasteiger charge is 2.07. The van der Waals surface area contributed by atoms with E-state index in [0.29, 0.717) is 5.69 Å². The molecule has 1 aromatic rings. The Labute approximate surface area is 83.4 Å². The Bertz CT molecular complexity index is 298. The van der Waals surface area contributed by atoms with E-state index < -0.39 is 0 Å². The molecule has 78 valence electrons. The van der Waals surface area contributed by atoms with Gasteiger partial charge in [0.05, 0.1) is 30.6 Å². The Morgan fingerprint density at radius 1 is 1.36 bits per heavy atom. The average Bonchev–Trinajstić information content (AvgIpc) is 2.20. The van der Waals surface area contributed by atoms with Crippen LogP contribution in [0.25, 0.3) is 0 Å². The van der Waals surface area contributed by atoms with E-state index in [1.54, 1.807) is 0 Å². The van der Waals surface area contributed by atoms with Gasteiger partial charge in [-0.2, -0.15) is 0 Å². The van der Waals surface area contributed by atoms with Crippen LogP contribution in [-0.4, -0.2) is 29.5 Å². The van der Waals surface area contributed by atoms with Crippen molar-refractivity contribution in [2.45, 2.75) is 13.0 Å². The van der Waals surface area contributed by atoms with Crippen molar-refractivity contribution >= 4 is 11.4 Å². The molecule has 0 bridgehead atoms. The third kappa shape index (κ3) is 2.37. The second kappa shape index (κ2) is 4.83. The number of benzene rings is 1. The minimum Gasteiger partial charge on any atom is -0.397 e. The summed E-state index contributed by atoms with van der Waals surface area (Å²) in [6.07, 6.45) is 0. The van der Waals surface area contributed by atoms with E-state index in [1.165, 1.54) is 0 Å². The van der Waals surface area contributed by atoms with Gasteiger partial charge in [0.25, 0.3) is 0 Å². The van der Waals surface area contributed by atoms with Crippen LogP contribution in [-0.2, 0) is 0 Å². The third-order valence-corrected chi connectivity index (χ3v) is 2.12. The Morgan fingerprint density at radius 3 is 2.57 bits per heavy atom. The van der Waals surface area contributed by atoms with Gasteiger partial charge in [-0.05, 0) is 18.6 Å². The van der Waals surface area contributed by atoms with E-state index in [-0.39, 0.29) is 19.3 Å². The van der Waals surface area contributed by atoms with Gasteiger partial charge in [-0.3, -0.25) is 0 Å². The second-order valence-electron chi connectivity index (χ2n) is 3.24. The van der Waals surface area contributed by atoms with Crippen LogP contribution in [0.15, 0.2) is 18.2 Å². The zero-order valence-electron chi connectivity index (χ0n) is 8.20. The molecule has 5 N–H and O–H groups in total. The molecule has 0 atom stereocenters. The van der Waals surface area contributed by atoms with Crippen LogP contribution in [0.5, 0.6) is 0 Å². The molecular weight excluding hydrogens is 180 g/mol. The molecule has 4 heteroatoms. The van der Waals surface area contributed by atoms with Gasteiger partial charge in [-0.15, -0.1) is 0 Å². The van der Waals surface area contributed by atoms with Crippen molar-refractivity contribution in [3.8, 4) is 0 Å². The summed E-state index contributed by atoms with van der Waals surface area (Å²) in [5.41, 5.74) is 8.19. The first-order valence-electron chi connectivity index (χ1n) is 4.52. The Balaban J connectivity index is 2.80. The molecule has 0 unspecified atom stereocenters. The summed E-state index contributed by atoms with van der Waals surface area (Å²) < 4.78 is 0. The maximum absolute atomic E-state index is 8.88. The highest BCUT2D eigenvalue weighted by Crippen LogP contribution is 2.22. The van der Waals surface area contributed by atoms with E-state index in [1.807, 2.05) is 25.1 Å². The number of hydrogen-bond donors (Lipinski definition) is 4.